The predicted octanol–water partition coefficient (Wildman–Crippen LogP) is 3.01. The highest BCUT2D eigenvalue weighted by Crippen LogP contribution is 2.21. The zero-order valence-electron chi connectivity index (χ0n) is 12.2. The molecular formula is C16H16N4O2. The Labute approximate surface area is 128 Å². The summed E-state index contributed by atoms with van der Waals surface area (Å²) in [5.74, 6) is 0. The monoisotopic (exact) mass is 296 g/mol. The summed E-state index contributed by atoms with van der Waals surface area (Å²) < 4.78 is 0. The maximum absolute atomic E-state index is 10.7. The normalized spacial score (nSPS) is 9.82. The SMILES string of the molecule is CN(CCNc1ccc([N+](=O)[O-])cc1C#N)c1ccccc1. The molecular weight excluding hydrogens is 280 g/mol. The van der Waals surface area contributed by atoms with E-state index in [0.717, 1.165) is 12.2 Å². The van der Waals surface area contributed by atoms with E-state index in [4.69, 9.17) is 5.26 Å². The number of non-ortho nitro benzene ring substituents is 1. The van der Waals surface area contributed by atoms with Crippen LogP contribution in [0.15, 0.2) is 48.5 Å². The summed E-state index contributed by atoms with van der Waals surface area (Å²) in [5, 5.41) is 22.9. The van der Waals surface area contributed by atoms with E-state index >= 15 is 0 Å². The lowest BCUT2D eigenvalue weighted by Gasteiger charge is -2.20. The molecule has 112 valence electrons. The zero-order valence-corrected chi connectivity index (χ0v) is 12.2. The highest BCUT2D eigenvalue weighted by molar-refractivity contribution is 5.61. The van der Waals surface area contributed by atoms with E-state index in [-0.39, 0.29) is 11.3 Å². The van der Waals surface area contributed by atoms with Crippen LogP contribution in [0.2, 0.25) is 0 Å². The molecule has 0 heterocycles. The first kappa shape index (κ1) is 15.3. The van der Waals surface area contributed by atoms with E-state index in [1.165, 1.54) is 12.1 Å². The predicted molar refractivity (Wildman–Crippen MR) is 86.0 cm³/mol. The van der Waals surface area contributed by atoms with Gasteiger partial charge in [0.25, 0.3) is 5.69 Å². The van der Waals surface area contributed by atoms with Gasteiger partial charge in [0, 0.05) is 38.0 Å². The fraction of sp³-hybridized carbons (Fsp3) is 0.188. The number of hydrogen-bond donors (Lipinski definition) is 1. The third kappa shape index (κ3) is 3.73. The number of nitrogens with zero attached hydrogens (tertiary/aromatic N) is 3. The lowest BCUT2D eigenvalue weighted by Crippen LogP contribution is -2.24. The summed E-state index contributed by atoms with van der Waals surface area (Å²) >= 11 is 0. The van der Waals surface area contributed by atoms with Gasteiger partial charge in [-0.3, -0.25) is 10.1 Å². The van der Waals surface area contributed by atoms with Crippen LogP contribution in [0.3, 0.4) is 0 Å². The standard InChI is InChI=1S/C16H16N4O2/c1-19(14-5-3-2-4-6-14)10-9-18-16-8-7-15(20(21)22)11-13(16)12-17/h2-8,11,18H,9-10H2,1H3. The Hall–Kier alpha value is -3.07. The molecule has 0 aromatic heterocycles. The Balaban J connectivity index is 1.97. The summed E-state index contributed by atoms with van der Waals surface area (Å²) in [6.07, 6.45) is 0. The molecule has 1 N–H and O–H groups in total. The topological polar surface area (TPSA) is 82.2 Å². The first-order valence-corrected chi connectivity index (χ1v) is 6.80. The van der Waals surface area contributed by atoms with Crippen LogP contribution in [0, 0.1) is 21.4 Å². The van der Waals surface area contributed by atoms with Gasteiger partial charge in [-0.05, 0) is 18.2 Å². The molecule has 0 aliphatic rings. The van der Waals surface area contributed by atoms with Crippen LogP contribution in [0.4, 0.5) is 17.1 Å². The number of nitro benzene ring substituents is 1. The fourth-order valence-corrected chi connectivity index (χ4v) is 2.06. The molecule has 0 unspecified atom stereocenters. The van der Waals surface area contributed by atoms with Crippen molar-refractivity contribution in [1.29, 1.82) is 5.26 Å². The number of nitriles is 1. The molecule has 0 bridgehead atoms. The Morgan fingerprint density at radius 1 is 1.27 bits per heavy atom. The molecule has 2 rings (SSSR count). The lowest BCUT2D eigenvalue weighted by atomic mass is 10.1. The van der Waals surface area contributed by atoms with Gasteiger partial charge in [-0.15, -0.1) is 0 Å². The van der Waals surface area contributed by atoms with E-state index in [1.807, 2.05) is 43.4 Å². The third-order valence-electron chi connectivity index (χ3n) is 3.29. The lowest BCUT2D eigenvalue weighted by molar-refractivity contribution is -0.384. The largest absolute Gasteiger partial charge is 0.382 e. The Kier molecular flexibility index (Phi) is 4.94. The smallest absolute Gasteiger partial charge is 0.270 e. The van der Waals surface area contributed by atoms with Gasteiger partial charge in [0.05, 0.1) is 16.2 Å². The summed E-state index contributed by atoms with van der Waals surface area (Å²) in [4.78, 5) is 12.3. The molecule has 0 fully saturated rings. The van der Waals surface area contributed by atoms with Crippen molar-refractivity contribution < 1.29 is 4.92 Å². The summed E-state index contributed by atoms with van der Waals surface area (Å²) in [5.41, 5.74) is 1.91. The van der Waals surface area contributed by atoms with Crippen molar-refractivity contribution in [3.63, 3.8) is 0 Å². The maximum atomic E-state index is 10.7. The number of rotatable bonds is 6. The molecule has 0 saturated heterocycles. The fourth-order valence-electron chi connectivity index (χ4n) is 2.06. The van der Waals surface area contributed by atoms with Gasteiger partial charge in [-0.25, -0.2) is 0 Å². The third-order valence-corrected chi connectivity index (χ3v) is 3.29. The molecule has 2 aromatic carbocycles. The Morgan fingerprint density at radius 2 is 2.00 bits per heavy atom. The van der Waals surface area contributed by atoms with Crippen molar-refractivity contribution in [3.8, 4) is 6.07 Å². The van der Waals surface area contributed by atoms with Crippen LogP contribution < -0.4 is 10.2 Å². The first-order chi connectivity index (χ1) is 10.6. The second-order valence-electron chi connectivity index (χ2n) is 4.78. The molecule has 0 aliphatic carbocycles. The second-order valence-corrected chi connectivity index (χ2v) is 4.78. The minimum absolute atomic E-state index is 0.0801. The molecule has 0 aliphatic heterocycles. The van der Waals surface area contributed by atoms with Crippen LogP contribution in [0.1, 0.15) is 5.56 Å². The maximum Gasteiger partial charge on any atom is 0.270 e. The van der Waals surface area contributed by atoms with E-state index < -0.39 is 4.92 Å². The molecule has 0 spiro atoms. The van der Waals surface area contributed by atoms with Crippen LogP contribution in [0.5, 0.6) is 0 Å². The van der Waals surface area contributed by atoms with Gasteiger partial charge in [0.15, 0.2) is 0 Å². The van der Waals surface area contributed by atoms with Gasteiger partial charge in [0.2, 0.25) is 0 Å². The van der Waals surface area contributed by atoms with Gasteiger partial charge in [-0.1, -0.05) is 18.2 Å². The zero-order chi connectivity index (χ0) is 15.9. The van der Waals surface area contributed by atoms with E-state index in [2.05, 4.69) is 10.2 Å². The molecule has 0 saturated carbocycles. The number of anilines is 2. The minimum atomic E-state index is -0.506. The van der Waals surface area contributed by atoms with E-state index in [9.17, 15) is 10.1 Å². The van der Waals surface area contributed by atoms with Crippen LogP contribution in [-0.4, -0.2) is 25.1 Å². The second kappa shape index (κ2) is 7.09. The first-order valence-electron chi connectivity index (χ1n) is 6.80. The van der Waals surface area contributed by atoms with Crippen molar-refractivity contribution in [2.24, 2.45) is 0 Å². The highest BCUT2D eigenvalue weighted by atomic mass is 16.6. The number of para-hydroxylation sites is 1. The number of nitro groups is 1. The van der Waals surface area contributed by atoms with Gasteiger partial charge in [-0.2, -0.15) is 5.26 Å². The van der Waals surface area contributed by atoms with Gasteiger partial charge in [0.1, 0.15) is 6.07 Å². The van der Waals surface area contributed by atoms with Crippen molar-refractivity contribution in [2.45, 2.75) is 0 Å². The Morgan fingerprint density at radius 3 is 2.64 bits per heavy atom. The van der Waals surface area contributed by atoms with Crippen LogP contribution in [0.25, 0.3) is 0 Å². The molecule has 0 atom stereocenters. The number of likely N-dealkylation sites (N-methyl/N-ethyl adjacent to an activating group) is 1. The number of benzene rings is 2. The van der Waals surface area contributed by atoms with E-state index in [1.54, 1.807) is 6.07 Å². The van der Waals surface area contributed by atoms with Crippen molar-refractivity contribution in [3.05, 3.63) is 64.2 Å². The summed E-state index contributed by atoms with van der Waals surface area (Å²) in [6, 6.07) is 16.2. The average molecular weight is 296 g/mol. The summed E-state index contributed by atoms with van der Waals surface area (Å²) in [7, 11) is 1.98. The van der Waals surface area contributed by atoms with Crippen LogP contribution in [-0.2, 0) is 0 Å². The van der Waals surface area contributed by atoms with Crippen molar-refractivity contribution in [1.82, 2.24) is 0 Å². The van der Waals surface area contributed by atoms with Gasteiger partial charge < -0.3 is 10.2 Å². The van der Waals surface area contributed by atoms with Crippen molar-refractivity contribution in [2.75, 3.05) is 30.4 Å². The van der Waals surface area contributed by atoms with Crippen molar-refractivity contribution >= 4 is 17.1 Å². The Bertz CT molecular complexity index is 695. The van der Waals surface area contributed by atoms with Gasteiger partial charge >= 0.3 is 0 Å². The van der Waals surface area contributed by atoms with E-state index in [0.29, 0.717) is 12.2 Å². The number of hydrogen-bond acceptors (Lipinski definition) is 5. The molecule has 2 aromatic rings. The summed E-state index contributed by atoms with van der Waals surface area (Å²) in [6.45, 7) is 1.36. The highest BCUT2D eigenvalue weighted by Gasteiger charge is 2.10. The molecule has 6 nitrogen and oxygen atoms in total. The minimum Gasteiger partial charge on any atom is -0.382 e. The molecule has 6 heteroatoms. The van der Waals surface area contributed by atoms with Crippen LogP contribution >= 0.6 is 0 Å². The number of nitrogens with one attached hydrogen (secondary N) is 1. The molecule has 0 amide bonds. The molecule has 0 radical (unpaired) electrons. The molecule has 22 heavy (non-hydrogen) atoms. The quantitative estimate of drug-likeness (QED) is 0.654. The average Bonchev–Trinajstić information content (AvgIpc) is 2.55.